The predicted molar refractivity (Wildman–Crippen MR) is 125 cm³/mol. The molecule has 0 radical (unpaired) electrons. The zero-order valence-electron chi connectivity index (χ0n) is 20.7. The standard InChI is InChI=1S/C28H46O3/c1-16(2)17(3)7-8-18(4)20-9-10-21-19-13-24(29)23-14-25(30)26(31)15-28(23,6)22(19)11-12-27(20,21)5/h7-8,16-23,25-26,30-31H,9-15H2,1-6H3/b8-7+/t17-,18+,19-,20+,21-,22-,23+,25-,26+,27+,28+/m0/s1. The van der Waals surface area contributed by atoms with Crippen molar-refractivity contribution < 1.29 is 15.0 Å². The Balaban J connectivity index is 1.55. The molecule has 0 aromatic heterocycles. The summed E-state index contributed by atoms with van der Waals surface area (Å²) in [5.74, 6) is 4.48. The Bertz CT molecular complexity index is 713. The van der Waals surface area contributed by atoms with Crippen molar-refractivity contribution in [1.82, 2.24) is 0 Å². The van der Waals surface area contributed by atoms with Crippen molar-refractivity contribution >= 4 is 5.78 Å². The van der Waals surface area contributed by atoms with Crippen LogP contribution in [-0.2, 0) is 4.79 Å². The predicted octanol–water partition coefficient (Wildman–Crippen LogP) is 5.64. The second-order valence-electron chi connectivity index (χ2n) is 12.8. The molecule has 0 unspecified atom stereocenters. The number of aliphatic hydroxyl groups is 2. The molecule has 0 heterocycles. The average Bonchev–Trinajstić information content (AvgIpc) is 3.05. The molecule has 4 rings (SSSR count). The minimum absolute atomic E-state index is 0.0620. The third-order valence-corrected chi connectivity index (χ3v) is 11.0. The van der Waals surface area contributed by atoms with Crippen LogP contribution in [0.4, 0.5) is 0 Å². The minimum Gasteiger partial charge on any atom is -0.390 e. The molecular formula is C28H46O3. The number of hydrogen-bond donors (Lipinski definition) is 2. The lowest BCUT2D eigenvalue weighted by Crippen LogP contribution is -2.59. The lowest BCUT2D eigenvalue weighted by molar-refractivity contribution is -0.173. The number of rotatable bonds is 4. The van der Waals surface area contributed by atoms with Crippen molar-refractivity contribution in [2.45, 2.75) is 98.7 Å². The highest BCUT2D eigenvalue weighted by Crippen LogP contribution is 2.67. The van der Waals surface area contributed by atoms with Gasteiger partial charge in [-0.1, -0.05) is 53.7 Å². The molecule has 0 amide bonds. The first kappa shape index (κ1) is 23.5. The highest BCUT2D eigenvalue weighted by Gasteiger charge is 2.63. The first-order chi connectivity index (χ1) is 14.5. The maximum atomic E-state index is 13.3. The van der Waals surface area contributed by atoms with Gasteiger partial charge in [0.05, 0.1) is 12.2 Å². The third kappa shape index (κ3) is 3.76. The second kappa shape index (κ2) is 8.28. The Morgan fingerprint density at radius 2 is 1.61 bits per heavy atom. The molecule has 4 aliphatic rings. The Morgan fingerprint density at radius 3 is 2.29 bits per heavy atom. The van der Waals surface area contributed by atoms with E-state index in [9.17, 15) is 15.0 Å². The van der Waals surface area contributed by atoms with Crippen LogP contribution in [0.15, 0.2) is 12.2 Å². The first-order valence-corrected chi connectivity index (χ1v) is 13.1. The van der Waals surface area contributed by atoms with E-state index in [1.807, 2.05) is 0 Å². The van der Waals surface area contributed by atoms with Gasteiger partial charge in [-0.2, -0.15) is 0 Å². The van der Waals surface area contributed by atoms with Gasteiger partial charge in [0.15, 0.2) is 0 Å². The van der Waals surface area contributed by atoms with Gasteiger partial charge in [0, 0.05) is 12.3 Å². The quantitative estimate of drug-likeness (QED) is 0.567. The van der Waals surface area contributed by atoms with E-state index in [4.69, 9.17) is 0 Å². The Hall–Kier alpha value is -0.670. The second-order valence-corrected chi connectivity index (χ2v) is 12.8. The van der Waals surface area contributed by atoms with Crippen LogP contribution in [0.25, 0.3) is 0 Å². The molecule has 176 valence electrons. The molecular weight excluding hydrogens is 384 g/mol. The molecule has 0 aromatic rings. The van der Waals surface area contributed by atoms with E-state index in [1.165, 1.54) is 25.7 Å². The summed E-state index contributed by atoms with van der Waals surface area (Å²) in [5, 5.41) is 20.7. The van der Waals surface area contributed by atoms with Gasteiger partial charge < -0.3 is 10.2 Å². The number of fused-ring (bicyclic) bond motifs is 5. The number of allylic oxidation sites excluding steroid dienone is 2. The number of carbonyl (C=O) groups is 1. The molecule has 11 atom stereocenters. The van der Waals surface area contributed by atoms with Crippen LogP contribution in [0.2, 0.25) is 0 Å². The normalized spacial score (nSPS) is 49.6. The van der Waals surface area contributed by atoms with Crippen LogP contribution in [0.3, 0.4) is 0 Å². The van der Waals surface area contributed by atoms with Crippen LogP contribution in [0, 0.1) is 58.2 Å². The van der Waals surface area contributed by atoms with Crippen LogP contribution >= 0.6 is 0 Å². The van der Waals surface area contributed by atoms with Gasteiger partial charge >= 0.3 is 0 Å². The van der Waals surface area contributed by atoms with Gasteiger partial charge in [-0.3, -0.25) is 4.79 Å². The van der Waals surface area contributed by atoms with E-state index in [-0.39, 0.29) is 11.3 Å². The van der Waals surface area contributed by atoms with Crippen molar-refractivity contribution in [3.05, 3.63) is 12.2 Å². The lowest BCUT2D eigenvalue weighted by Gasteiger charge is -2.60. The van der Waals surface area contributed by atoms with Crippen molar-refractivity contribution in [3.63, 3.8) is 0 Å². The summed E-state index contributed by atoms with van der Waals surface area (Å²) in [7, 11) is 0. The van der Waals surface area contributed by atoms with E-state index in [1.54, 1.807) is 0 Å². The van der Waals surface area contributed by atoms with Gasteiger partial charge in [0.1, 0.15) is 5.78 Å². The Kier molecular flexibility index (Phi) is 6.27. The van der Waals surface area contributed by atoms with Crippen molar-refractivity contribution in [2.75, 3.05) is 0 Å². The molecule has 0 aromatic carbocycles. The molecule has 0 bridgehead atoms. The summed E-state index contributed by atoms with van der Waals surface area (Å²) in [5.41, 5.74) is 0.179. The summed E-state index contributed by atoms with van der Waals surface area (Å²) >= 11 is 0. The first-order valence-electron chi connectivity index (χ1n) is 13.1. The monoisotopic (exact) mass is 430 g/mol. The van der Waals surface area contributed by atoms with Gasteiger partial charge in [0.25, 0.3) is 0 Å². The van der Waals surface area contributed by atoms with Gasteiger partial charge in [0.2, 0.25) is 0 Å². The maximum Gasteiger partial charge on any atom is 0.136 e. The molecule has 0 saturated heterocycles. The van der Waals surface area contributed by atoms with Crippen LogP contribution in [0.5, 0.6) is 0 Å². The highest BCUT2D eigenvalue weighted by atomic mass is 16.3. The number of aliphatic hydroxyl groups excluding tert-OH is 2. The number of Topliss-reactive ketones (excluding diaryl/α,β-unsaturated/α-hetero) is 1. The average molecular weight is 431 g/mol. The van der Waals surface area contributed by atoms with Crippen molar-refractivity contribution in [1.29, 1.82) is 0 Å². The molecule has 4 aliphatic carbocycles. The Labute approximate surface area is 190 Å². The molecule has 2 N–H and O–H groups in total. The zero-order chi connectivity index (χ0) is 22.7. The maximum absolute atomic E-state index is 13.3. The van der Waals surface area contributed by atoms with Gasteiger partial charge in [-0.15, -0.1) is 0 Å². The van der Waals surface area contributed by atoms with Gasteiger partial charge in [-0.25, -0.2) is 0 Å². The number of carbonyl (C=O) groups excluding carboxylic acids is 1. The SMILES string of the molecule is CC(C)[C@@H](C)/C=C/[C@@H](C)[C@H]1CC[C@H]2[C@@H]3CC(=O)[C@H]4C[C@H](O)[C@H](O)C[C@]4(C)[C@H]3CC[C@]12C. The van der Waals surface area contributed by atoms with Gasteiger partial charge in [-0.05, 0) is 90.8 Å². The number of hydrogen-bond acceptors (Lipinski definition) is 3. The number of ketones is 1. The highest BCUT2D eigenvalue weighted by molar-refractivity contribution is 5.83. The Morgan fingerprint density at radius 1 is 0.935 bits per heavy atom. The molecule has 4 saturated carbocycles. The molecule has 0 spiro atoms. The van der Waals surface area contributed by atoms with Crippen LogP contribution in [-0.4, -0.2) is 28.2 Å². The van der Waals surface area contributed by atoms with E-state index in [2.05, 4.69) is 53.7 Å². The minimum atomic E-state index is -0.732. The van der Waals surface area contributed by atoms with E-state index < -0.39 is 12.2 Å². The van der Waals surface area contributed by atoms with Crippen LogP contribution in [0.1, 0.15) is 86.5 Å². The topological polar surface area (TPSA) is 57.5 Å². The summed E-state index contributed by atoms with van der Waals surface area (Å²) in [6.45, 7) is 14.1. The van der Waals surface area contributed by atoms with E-state index >= 15 is 0 Å². The fraction of sp³-hybridized carbons (Fsp3) is 0.893. The largest absolute Gasteiger partial charge is 0.390 e. The fourth-order valence-electron chi connectivity index (χ4n) is 8.68. The summed E-state index contributed by atoms with van der Waals surface area (Å²) in [6, 6.07) is 0. The molecule has 3 heteroatoms. The molecule has 31 heavy (non-hydrogen) atoms. The summed E-state index contributed by atoms with van der Waals surface area (Å²) in [6.07, 6.45) is 10.2. The van der Waals surface area contributed by atoms with E-state index in [0.717, 1.165) is 0 Å². The molecule has 0 aliphatic heterocycles. The lowest BCUT2D eigenvalue weighted by atomic mass is 9.44. The fourth-order valence-corrected chi connectivity index (χ4v) is 8.68. The summed E-state index contributed by atoms with van der Waals surface area (Å²) in [4.78, 5) is 13.3. The zero-order valence-corrected chi connectivity index (χ0v) is 20.7. The smallest absolute Gasteiger partial charge is 0.136 e. The molecule has 4 fully saturated rings. The summed E-state index contributed by atoms with van der Waals surface area (Å²) < 4.78 is 0. The van der Waals surface area contributed by atoms with Crippen LogP contribution < -0.4 is 0 Å². The van der Waals surface area contributed by atoms with E-state index in [0.29, 0.717) is 71.9 Å². The third-order valence-electron chi connectivity index (χ3n) is 11.0. The van der Waals surface area contributed by atoms with Crippen molar-refractivity contribution in [3.8, 4) is 0 Å². The molecule has 3 nitrogen and oxygen atoms in total. The van der Waals surface area contributed by atoms with Crippen molar-refractivity contribution in [2.24, 2.45) is 58.2 Å².